The van der Waals surface area contributed by atoms with E-state index in [9.17, 15) is 9.59 Å². The van der Waals surface area contributed by atoms with E-state index in [-0.39, 0.29) is 12.1 Å². The van der Waals surface area contributed by atoms with E-state index in [0.29, 0.717) is 36.8 Å². The number of aromatic amines is 1. The van der Waals surface area contributed by atoms with Crippen molar-refractivity contribution < 1.29 is 19.1 Å². The van der Waals surface area contributed by atoms with E-state index < -0.39 is 5.97 Å². The molecule has 23 heavy (non-hydrogen) atoms. The van der Waals surface area contributed by atoms with Crippen LogP contribution in [0.15, 0.2) is 17.1 Å². The number of carbonyl (C=O) groups is 2. The molecule has 0 radical (unpaired) electrons. The fraction of sp³-hybridized carbons (Fsp3) is 0.385. The molecule has 3 heterocycles. The van der Waals surface area contributed by atoms with Gasteiger partial charge in [0.1, 0.15) is 18.2 Å². The van der Waals surface area contributed by atoms with E-state index >= 15 is 0 Å². The highest BCUT2D eigenvalue weighted by molar-refractivity contribution is 7.08. The number of carbonyl (C=O) groups excluding carboxylic acids is 2. The lowest BCUT2D eigenvalue weighted by molar-refractivity contribution is 0.0118. The summed E-state index contributed by atoms with van der Waals surface area (Å²) in [5, 5.41) is 12.6. The average molecular weight is 337 g/mol. The Morgan fingerprint density at radius 1 is 1.52 bits per heavy atom. The van der Waals surface area contributed by atoms with Crippen LogP contribution in [0.2, 0.25) is 0 Å². The summed E-state index contributed by atoms with van der Waals surface area (Å²) in [6, 6.07) is -0.690. The molecule has 0 aliphatic carbocycles. The maximum atomic E-state index is 12.6. The molecule has 10 heteroatoms. The Balaban J connectivity index is 1.76. The molecule has 2 aromatic rings. The Morgan fingerprint density at radius 2 is 2.39 bits per heavy atom. The topological polar surface area (TPSA) is 109 Å². The number of aromatic nitrogens is 3. The molecule has 2 N–H and O–H groups in total. The molecular formula is C13H15N5O4S. The van der Waals surface area contributed by atoms with Crippen LogP contribution in [0.4, 0.5) is 10.5 Å². The molecule has 1 saturated heterocycles. The highest BCUT2D eigenvalue weighted by atomic mass is 32.1. The number of esters is 1. The number of anilines is 1. The molecule has 0 aromatic carbocycles. The first-order chi connectivity index (χ1) is 11.2. The Kier molecular flexibility index (Phi) is 4.53. The highest BCUT2D eigenvalue weighted by Crippen LogP contribution is 2.25. The molecule has 3 rings (SSSR count). The summed E-state index contributed by atoms with van der Waals surface area (Å²) >= 11 is 1.31. The fourth-order valence-corrected chi connectivity index (χ4v) is 3.05. The van der Waals surface area contributed by atoms with Crippen molar-refractivity contribution in [3.05, 3.63) is 28.5 Å². The van der Waals surface area contributed by atoms with Crippen LogP contribution in [0.3, 0.4) is 0 Å². The maximum absolute atomic E-state index is 12.6. The Morgan fingerprint density at radius 3 is 3.13 bits per heavy atom. The first-order valence-electron chi connectivity index (χ1n) is 6.86. The lowest BCUT2D eigenvalue weighted by Gasteiger charge is -2.34. The monoisotopic (exact) mass is 337 g/mol. The minimum atomic E-state index is -0.490. The number of hydrogen-bond acceptors (Lipinski definition) is 7. The number of urea groups is 1. The number of H-pyrrole nitrogens is 1. The SMILES string of the molecule is COC(=O)c1cscc1NC(=O)N1CCOC[C@H]1c1ncn[nH]1. The van der Waals surface area contributed by atoms with E-state index in [0.717, 1.165) is 0 Å². The Labute approximate surface area is 135 Å². The molecule has 1 aliphatic rings. The third kappa shape index (κ3) is 3.17. The largest absolute Gasteiger partial charge is 0.465 e. The molecule has 2 amide bonds. The smallest absolute Gasteiger partial charge is 0.340 e. The van der Waals surface area contributed by atoms with Crippen LogP contribution < -0.4 is 5.32 Å². The van der Waals surface area contributed by atoms with Gasteiger partial charge < -0.3 is 19.7 Å². The lowest BCUT2D eigenvalue weighted by Crippen LogP contribution is -2.46. The predicted molar refractivity (Wildman–Crippen MR) is 81.3 cm³/mol. The first kappa shape index (κ1) is 15.4. The van der Waals surface area contributed by atoms with Crippen LogP contribution >= 0.6 is 11.3 Å². The number of thiophene rings is 1. The van der Waals surface area contributed by atoms with Gasteiger partial charge in [-0.05, 0) is 0 Å². The minimum absolute atomic E-state index is 0.329. The number of rotatable bonds is 3. The van der Waals surface area contributed by atoms with Gasteiger partial charge in [0.15, 0.2) is 0 Å². The molecule has 1 fully saturated rings. The number of nitrogens with zero attached hydrogens (tertiary/aromatic N) is 3. The predicted octanol–water partition coefficient (Wildman–Crippen LogP) is 1.26. The van der Waals surface area contributed by atoms with Crippen molar-refractivity contribution >= 4 is 29.0 Å². The summed E-state index contributed by atoms with van der Waals surface area (Å²) < 4.78 is 10.1. The van der Waals surface area contributed by atoms with Gasteiger partial charge >= 0.3 is 12.0 Å². The van der Waals surface area contributed by atoms with Crippen LogP contribution in [-0.2, 0) is 9.47 Å². The van der Waals surface area contributed by atoms with Crippen LogP contribution in [0.25, 0.3) is 0 Å². The van der Waals surface area contributed by atoms with E-state index in [1.807, 2.05) is 0 Å². The highest BCUT2D eigenvalue weighted by Gasteiger charge is 2.31. The molecule has 0 bridgehead atoms. The summed E-state index contributed by atoms with van der Waals surface area (Å²) in [6.07, 6.45) is 1.38. The molecule has 122 valence electrons. The van der Waals surface area contributed by atoms with Crippen LogP contribution in [-0.4, -0.2) is 58.9 Å². The van der Waals surface area contributed by atoms with Crippen molar-refractivity contribution in [3.63, 3.8) is 0 Å². The standard InChI is InChI=1S/C13H15N5O4S/c1-21-12(19)8-5-23-6-9(8)16-13(20)18-2-3-22-4-10(18)11-14-7-15-17-11/h5-7,10H,2-4H2,1H3,(H,16,20)(H,14,15,17)/t10-/m0/s1. The minimum Gasteiger partial charge on any atom is -0.465 e. The van der Waals surface area contributed by atoms with E-state index in [4.69, 9.17) is 9.47 Å². The van der Waals surface area contributed by atoms with Gasteiger partial charge in [-0.15, -0.1) is 11.3 Å². The van der Waals surface area contributed by atoms with Gasteiger partial charge in [-0.1, -0.05) is 0 Å². The van der Waals surface area contributed by atoms with E-state index in [1.54, 1.807) is 15.7 Å². The summed E-state index contributed by atoms with van der Waals surface area (Å²) in [5.74, 6) is 0.0636. The summed E-state index contributed by atoms with van der Waals surface area (Å²) in [4.78, 5) is 30.0. The second-order valence-corrected chi connectivity index (χ2v) is 5.52. The molecular weight excluding hydrogens is 322 g/mol. The summed E-state index contributed by atoms with van der Waals surface area (Å²) in [6.45, 7) is 1.18. The second kappa shape index (κ2) is 6.75. The molecule has 0 unspecified atom stereocenters. The zero-order valence-corrected chi connectivity index (χ0v) is 13.1. The number of nitrogens with one attached hydrogen (secondary N) is 2. The van der Waals surface area contributed by atoms with Crippen molar-refractivity contribution in [2.24, 2.45) is 0 Å². The maximum Gasteiger partial charge on any atom is 0.340 e. The summed E-state index contributed by atoms with van der Waals surface area (Å²) in [7, 11) is 1.30. The number of morpholine rings is 1. The Hall–Kier alpha value is -2.46. The fourth-order valence-electron chi connectivity index (χ4n) is 2.30. The van der Waals surface area contributed by atoms with Crippen molar-refractivity contribution in [1.82, 2.24) is 20.1 Å². The van der Waals surface area contributed by atoms with Crippen molar-refractivity contribution in [3.8, 4) is 0 Å². The Bertz CT molecular complexity index is 686. The van der Waals surface area contributed by atoms with E-state index in [1.165, 1.54) is 24.8 Å². The molecule has 1 atom stereocenters. The number of hydrogen-bond donors (Lipinski definition) is 2. The number of ether oxygens (including phenoxy) is 2. The molecule has 2 aromatic heterocycles. The van der Waals surface area contributed by atoms with Gasteiger partial charge in [0.25, 0.3) is 0 Å². The third-order valence-electron chi connectivity index (χ3n) is 3.45. The molecule has 1 aliphatic heterocycles. The van der Waals surface area contributed by atoms with Gasteiger partial charge in [0, 0.05) is 17.3 Å². The van der Waals surface area contributed by atoms with Gasteiger partial charge in [0.2, 0.25) is 0 Å². The zero-order valence-electron chi connectivity index (χ0n) is 12.3. The average Bonchev–Trinajstić information content (AvgIpc) is 3.25. The third-order valence-corrected chi connectivity index (χ3v) is 4.19. The molecule has 0 saturated carbocycles. The second-order valence-electron chi connectivity index (χ2n) is 4.78. The van der Waals surface area contributed by atoms with Crippen molar-refractivity contribution in [2.75, 3.05) is 32.2 Å². The lowest BCUT2D eigenvalue weighted by atomic mass is 10.2. The summed E-state index contributed by atoms with van der Waals surface area (Å²) in [5.41, 5.74) is 0.755. The number of amides is 2. The zero-order chi connectivity index (χ0) is 16.2. The van der Waals surface area contributed by atoms with Gasteiger partial charge in [-0.2, -0.15) is 5.10 Å². The quantitative estimate of drug-likeness (QED) is 0.816. The normalized spacial score (nSPS) is 17.8. The first-order valence-corrected chi connectivity index (χ1v) is 7.80. The van der Waals surface area contributed by atoms with E-state index in [2.05, 4.69) is 20.5 Å². The van der Waals surface area contributed by atoms with Crippen LogP contribution in [0.1, 0.15) is 22.2 Å². The van der Waals surface area contributed by atoms with Crippen LogP contribution in [0.5, 0.6) is 0 Å². The van der Waals surface area contributed by atoms with Crippen LogP contribution in [0, 0.1) is 0 Å². The van der Waals surface area contributed by atoms with Gasteiger partial charge in [-0.25, -0.2) is 14.6 Å². The van der Waals surface area contributed by atoms with Gasteiger partial charge in [-0.3, -0.25) is 5.10 Å². The van der Waals surface area contributed by atoms with Crippen molar-refractivity contribution in [1.29, 1.82) is 0 Å². The molecule has 0 spiro atoms. The van der Waals surface area contributed by atoms with Gasteiger partial charge in [0.05, 0.1) is 31.6 Å². The number of methoxy groups -OCH3 is 1. The molecule has 9 nitrogen and oxygen atoms in total. The van der Waals surface area contributed by atoms with Crippen molar-refractivity contribution in [2.45, 2.75) is 6.04 Å².